The molecular weight excluding hydrogens is 432 g/mol. The SMILES string of the molecule is CCCCOC(=O)c1ccc(NC(=O)c2ccccc2N2C(=O)[C@H]3CC(C)=CC[C@H]3C2=O)cc1. The lowest BCUT2D eigenvalue weighted by atomic mass is 9.82. The number of benzene rings is 2. The molecule has 3 amide bonds. The van der Waals surface area contributed by atoms with Gasteiger partial charge in [0.2, 0.25) is 11.8 Å². The van der Waals surface area contributed by atoms with Crippen molar-refractivity contribution < 1.29 is 23.9 Å². The first-order chi connectivity index (χ1) is 16.4. The number of carbonyl (C=O) groups is 4. The van der Waals surface area contributed by atoms with Gasteiger partial charge in [0, 0.05) is 5.69 Å². The lowest BCUT2D eigenvalue weighted by Crippen LogP contribution is -2.33. The number of ether oxygens (including phenoxy) is 1. The van der Waals surface area contributed by atoms with E-state index in [1.165, 1.54) is 4.90 Å². The van der Waals surface area contributed by atoms with Crippen molar-refractivity contribution in [3.8, 4) is 0 Å². The number of amides is 3. The number of esters is 1. The Labute approximate surface area is 198 Å². The van der Waals surface area contributed by atoms with E-state index in [9.17, 15) is 19.2 Å². The Morgan fingerprint density at radius 2 is 1.74 bits per heavy atom. The van der Waals surface area contributed by atoms with Gasteiger partial charge in [-0.15, -0.1) is 0 Å². The maximum absolute atomic E-state index is 13.1. The van der Waals surface area contributed by atoms with Crippen molar-refractivity contribution in [3.05, 3.63) is 71.3 Å². The molecule has 2 aromatic rings. The summed E-state index contributed by atoms with van der Waals surface area (Å²) in [5.74, 6) is -2.12. The summed E-state index contributed by atoms with van der Waals surface area (Å²) in [7, 11) is 0. The van der Waals surface area contributed by atoms with Gasteiger partial charge in [-0.1, -0.05) is 37.1 Å². The Kier molecular flexibility index (Phi) is 6.91. The van der Waals surface area contributed by atoms with Crippen LogP contribution in [0.1, 0.15) is 60.2 Å². The average Bonchev–Trinajstić information content (AvgIpc) is 3.08. The monoisotopic (exact) mass is 460 g/mol. The van der Waals surface area contributed by atoms with Gasteiger partial charge in [0.1, 0.15) is 0 Å². The van der Waals surface area contributed by atoms with Crippen LogP contribution >= 0.6 is 0 Å². The molecule has 7 heteroatoms. The minimum Gasteiger partial charge on any atom is -0.462 e. The van der Waals surface area contributed by atoms with Crippen molar-refractivity contribution >= 4 is 35.1 Å². The highest BCUT2D eigenvalue weighted by Crippen LogP contribution is 2.40. The Morgan fingerprint density at radius 3 is 2.47 bits per heavy atom. The summed E-state index contributed by atoms with van der Waals surface area (Å²) in [4.78, 5) is 52.6. The first-order valence-electron chi connectivity index (χ1n) is 11.6. The van der Waals surface area contributed by atoms with Gasteiger partial charge < -0.3 is 10.1 Å². The van der Waals surface area contributed by atoms with Gasteiger partial charge >= 0.3 is 5.97 Å². The second kappa shape index (κ2) is 10.0. The molecule has 0 bridgehead atoms. The molecule has 0 spiro atoms. The number of hydrogen-bond donors (Lipinski definition) is 1. The third-order valence-corrected chi connectivity index (χ3v) is 6.32. The molecule has 2 aliphatic rings. The predicted molar refractivity (Wildman–Crippen MR) is 128 cm³/mol. The second-order valence-electron chi connectivity index (χ2n) is 8.75. The molecular formula is C27H28N2O5. The summed E-state index contributed by atoms with van der Waals surface area (Å²) in [6.07, 6.45) is 4.86. The summed E-state index contributed by atoms with van der Waals surface area (Å²) in [6.45, 7) is 4.36. The molecule has 176 valence electrons. The number of rotatable bonds is 7. The highest BCUT2D eigenvalue weighted by Gasteiger charge is 2.49. The Bertz CT molecular complexity index is 1150. The molecule has 1 N–H and O–H groups in total. The van der Waals surface area contributed by atoms with Crippen LogP contribution in [0.5, 0.6) is 0 Å². The third kappa shape index (κ3) is 4.64. The molecule has 7 nitrogen and oxygen atoms in total. The van der Waals surface area contributed by atoms with Crippen molar-refractivity contribution in [3.63, 3.8) is 0 Å². The largest absolute Gasteiger partial charge is 0.462 e. The first-order valence-corrected chi connectivity index (χ1v) is 11.6. The molecule has 4 rings (SSSR count). The quantitative estimate of drug-likeness (QED) is 0.279. The Balaban J connectivity index is 1.50. The lowest BCUT2D eigenvalue weighted by molar-refractivity contribution is -0.122. The number of anilines is 2. The molecule has 1 saturated heterocycles. The lowest BCUT2D eigenvalue weighted by Gasteiger charge is -2.19. The second-order valence-corrected chi connectivity index (χ2v) is 8.75. The van der Waals surface area contributed by atoms with Gasteiger partial charge in [-0.25, -0.2) is 9.69 Å². The number of allylic oxidation sites excluding steroid dienone is 2. The van der Waals surface area contributed by atoms with Gasteiger partial charge in [-0.2, -0.15) is 0 Å². The fourth-order valence-electron chi connectivity index (χ4n) is 4.42. The number of unbranched alkanes of at least 4 members (excludes halogenated alkanes) is 1. The number of nitrogens with one attached hydrogen (secondary N) is 1. The fraction of sp³-hybridized carbons (Fsp3) is 0.333. The fourth-order valence-corrected chi connectivity index (χ4v) is 4.42. The topological polar surface area (TPSA) is 92.8 Å². The van der Waals surface area contributed by atoms with E-state index in [4.69, 9.17) is 4.74 Å². The maximum Gasteiger partial charge on any atom is 0.338 e. The smallest absolute Gasteiger partial charge is 0.338 e. The molecule has 34 heavy (non-hydrogen) atoms. The number of hydrogen-bond acceptors (Lipinski definition) is 5. The van der Waals surface area contributed by atoms with E-state index in [1.54, 1.807) is 48.5 Å². The molecule has 2 aromatic carbocycles. The summed E-state index contributed by atoms with van der Waals surface area (Å²) in [6, 6.07) is 13.0. The van der Waals surface area contributed by atoms with Crippen molar-refractivity contribution in [1.29, 1.82) is 0 Å². The minimum absolute atomic E-state index is 0.232. The van der Waals surface area contributed by atoms with Crippen LogP contribution in [0.15, 0.2) is 60.2 Å². The van der Waals surface area contributed by atoms with Crippen LogP contribution < -0.4 is 10.2 Å². The minimum atomic E-state index is -0.446. The van der Waals surface area contributed by atoms with Crippen LogP contribution in [-0.2, 0) is 14.3 Å². The zero-order valence-electron chi connectivity index (χ0n) is 19.4. The number of fused-ring (bicyclic) bond motifs is 1. The van der Waals surface area contributed by atoms with Gasteiger partial charge in [0.25, 0.3) is 5.91 Å². The highest BCUT2D eigenvalue weighted by molar-refractivity contribution is 6.25. The predicted octanol–water partition coefficient (Wildman–Crippen LogP) is 4.74. The first kappa shape index (κ1) is 23.4. The molecule has 0 aromatic heterocycles. The standard InChI is InChI=1S/C27H28N2O5/c1-3-4-15-34-27(33)18-10-12-19(13-11-18)28-24(30)21-7-5-6-8-23(21)29-25(31)20-14-9-17(2)16-22(20)26(29)32/h5-13,20,22H,3-4,14-16H2,1-2H3,(H,28,30)/t20-,22+/m1/s1. The van der Waals surface area contributed by atoms with Gasteiger partial charge in [-0.05, 0) is 62.6 Å². The number of imide groups is 1. The van der Waals surface area contributed by atoms with Crippen molar-refractivity contribution in [1.82, 2.24) is 0 Å². The van der Waals surface area contributed by atoms with Crippen molar-refractivity contribution in [2.24, 2.45) is 11.8 Å². The number of nitrogens with zero attached hydrogens (tertiary/aromatic N) is 1. The van der Waals surface area contributed by atoms with Gasteiger partial charge in [-0.3, -0.25) is 14.4 Å². The van der Waals surface area contributed by atoms with Gasteiger partial charge in [0.05, 0.1) is 35.3 Å². The van der Waals surface area contributed by atoms with E-state index >= 15 is 0 Å². The Morgan fingerprint density at radius 1 is 1.03 bits per heavy atom. The summed E-state index contributed by atoms with van der Waals surface area (Å²) < 4.78 is 5.20. The van der Waals surface area contributed by atoms with E-state index in [1.807, 2.05) is 19.9 Å². The zero-order valence-corrected chi connectivity index (χ0v) is 19.4. The van der Waals surface area contributed by atoms with Crippen LogP contribution in [0.2, 0.25) is 0 Å². The molecule has 1 fully saturated rings. The van der Waals surface area contributed by atoms with Crippen LogP contribution in [-0.4, -0.2) is 30.3 Å². The van der Waals surface area contributed by atoms with Crippen molar-refractivity contribution in [2.45, 2.75) is 39.5 Å². The summed E-state index contributed by atoms with van der Waals surface area (Å²) in [5, 5.41) is 2.79. The number of carbonyl (C=O) groups excluding carboxylic acids is 4. The van der Waals surface area contributed by atoms with E-state index in [0.717, 1.165) is 18.4 Å². The van der Waals surface area contributed by atoms with Gasteiger partial charge in [0.15, 0.2) is 0 Å². The maximum atomic E-state index is 13.1. The molecule has 2 atom stereocenters. The zero-order chi connectivity index (χ0) is 24.2. The van der Waals surface area contributed by atoms with E-state index < -0.39 is 11.9 Å². The molecule has 0 saturated carbocycles. The Hall–Kier alpha value is -3.74. The van der Waals surface area contributed by atoms with E-state index in [0.29, 0.717) is 30.7 Å². The third-order valence-electron chi connectivity index (χ3n) is 6.32. The van der Waals surface area contributed by atoms with Crippen LogP contribution in [0.4, 0.5) is 11.4 Å². The molecule has 1 aliphatic heterocycles. The number of para-hydroxylation sites is 1. The normalized spacial score (nSPS) is 19.5. The summed E-state index contributed by atoms with van der Waals surface area (Å²) in [5.41, 5.74) is 2.51. The molecule has 0 unspecified atom stereocenters. The highest BCUT2D eigenvalue weighted by atomic mass is 16.5. The molecule has 0 radical (unpaired) electrons. The van der Waals surface area contributed by atoms with Crippen LogP contribution in [0.25, 0.3) is 0 Å². The van der Waals surface area contributed by atoms with Crippen LogP contribution in [0, 0.1) is 11.8 Å². The summed E-state index contributed by atoms with van der Waals surface area (Å²) >= 11 is 0. The average molecular weight is 461 g/mol. The van der Waals surface area contributed by atoms with E-state index in [2.05, 4.69) is 5.32 Å². The molecule has 1 aliphatic carbocycles. The van der Waals surface area contributed by atoms with E-state index in [-0.39, 0.29) is 34.9 Å². The van der Waals surface area contributed by atoms with Crippen LogP contribution in [0.3, 0.4) is 0 Å². The molecule has 1 heterocycles. The van der Waals surface area contributed by atoms with Crippen molar-refractivity contribution in [2.75, 3.05) is 16.8 Å².